The lowest BCUT2D eigenvalue weighted by Crippen LogP contribution is -2.34. The topological polar surface area (TPSA) is 49.7 Å². The summed E-state index contributed by atoms with van der Waals surface area (Å²) in [6.07, 6.45) is 0.520. The second kappa shape index (κ2) is 4.96. The van der Waals surface area contributed by atoms with Crippen LogP contribution in [-0.4, -0.2) is 37.4 Å². The van der Waals surface area contributed by atoms with E-state index in [2.05, 4.69) is 5.18 Å². The lowest BCUT2D eigenvalue weighted by Gasteiger charge is -2.19. The zero-order valence-corrected chi connectivity index (χ0v) is 7.20. The van der Waals surface area contributed by atoms with Crippen LogP contribution >= 0.6 is 0 Å². The first-order valence-electron chi connectivity index (χ1n) is 3.55. The van der Waals surface area contributed by atoms with Gasteiger partial charge >= 0.3 is 0 Å². The Hall–Kier alpha value is -0.770. The maximum atomic E-state index is 10.9. The second-order valence-electron chi connectivity index (χ2n) is 2.73. The van der Waals surface area contributed by atoms with Gasteiger partial charge < -0.3 is 0 Å². The maximum Gasteiger partial charge on any atom is 0.146 e. The number of Topliss-reactive ketones (excluding diaryl/α,β-unsaturated/α-hetero) is 1. The van der Waals surface area contributed by atoms with Crippen LogP contribution in [-0.2, 0) is 4.79 Å². The standard InChI is InChI=1S/C7H14N2O2/c1-6(10)7(9(2)3)4-5-8-11/h7H,4-5H2,1-3H3. The molecule has 0 fully saturated rings. The van der Waals surface area contributed by atoms with Crippen LogP contribution in [0.15, 0.2) is 5.18 Å². The Morgan fingerprint density at radius 2 is 2.09 bits per heavy atom. The zero-order valence-electron chi connectivity index (χ0n) is 7.20. The number of rotatable bonds is 5. The molecule has 1 atom stereocenters. The third-order valence-corrected chi connectivity index (χ3v) is 1.59. The average Bonchev–Trinajstić information content (AvgIpc) is 1.87. The first-order valence-corrected chi connectivity index (χ1v) is 3.55. The van der Waals surface area contributed by atoms with Crippen LogP contribution < -0.4 is 0 Å². The summed E-state index contributed by atoms with van der Waals surface area (Å²) in [5.41, 5.74) is 0. The normalized spacial score (nSPS) is 13.1. The summed E-state index contributed by atoms with van der Waals surface area (Å²) in [6, 6.07) is -0.160. The minimum atomic E-state index is -0.160. The van der Waals surface area contributed by atoms with Crippen LogP contribution in [0.5, 0.6) is 0 Å². The molecule has 4 heteroatoms. The Morgan fingerprint density at radius 3 is 2.36 bits per heavy atom. The molecule has 1 unspecified atom stereocenters. The molecule has 0 radical (unpaired) electrons. The van der Waals surface area contributed by atoms with Gasteiger partial charge in [-0.2, -0.15) is 4.91 Å². The molecule has 0 rings (SSSR count). The summed E-state index contributed by atoms with van der Waals surface area (Å²) in [5, 5.41) is 2.71. The molecule has 11 heavy (non-hydrogen) atoms. The maximum absolute atomic E-state index is 10.9. The van der Waals surface area contributed by atoms with E-state index in [1.165, 1.54) is 6.92 Å². The summed E-state index contributed by atoms with van der Waals surface area (Å²) in [7, 11) is 3.63. The third-order valence-electron chi connectivity index (χ3n) is 1.59. The van der Waals surface area contributed by atoms with E-state index < -0.39 is 0 Å². The molecule has 0 saturated carbocycles. The molecule has 0 aliphatic rings. The highest BCUT2D eigenvalue weighted by Crippen LogP contribution is 2.00. The van der Waals surface area contributed by atoms with Crippen LogP contribution in [0.25, 0.3) is 0 Å². The van der Waals surface area contributed by atoms with Crippen molar-refractivity contribution in [3.63, 3.8) is 0 Å². The van der Waals surface area contributed by atoms with Crippen LogP contribution in [0, 0.1) is 4.91 Å². The molecule has 64 valence electrons. The highest BCUT2D eigenvalue weighted by molar-refractivity contribution is 5.81. The molecular formula is C7H14N2O2. The number of carbonyl (C=O) groups excluding carboxylic acids is 1. The molecule has 0 heterocycles. The monoisotopic (exact) mass is 158 g/mol. The highest BCUT2D eigenvalue weighted by Gasteiger charge is 2.15. The molecule has 0 aromatic carbocycles. The van der Waals surface area contributed by atoms with Crippen molar-refractivity contribution in [2.24, 2.45) is 5.18 Å². The predicted octanol–water partition coefficient (Wildman–Crippen LogP) is 0.662. The number of carbonyl (C=O) groups is 1. The molecule has 0 aromatic rings. The smallest absolute Gasteiger partial charge is 0.146 e. The molecule has 0 aromatic heterocycles. The second-order valence-corrected chi connectivity index (χ2v) is 2.73. The van der Waals surface area contributed by atoms with Crippen molar-refractivity contribution in [1.29, 1.82) is 0 Å². The number of likely N-dealkylation sites (N-methyl/N-ethyl adjacent to an activating group) is 1. The Labute approximate surface area is 66.5 Å². The van der Waals surface area contributed by atoms with Gasteiger partial charge in [-0.05, 0) is 27.4 Å². The number of hydrogen-bond donors (Lipinski definition) is 0. The summed E-state index contributed by atoms with van der Waals surface area (Å²) < 4.78 is 0. The Balaban J connectivity index is 3.89. The molecule has 0 amide bonds. The van der Waals surface area contributed by atoms with Crippen molar-refractivity contribution >= 4 is 5.78 Å². The van der Waals surface area contributed by atoms with Gasteiger partial charge in [-0.15, -0.1) is 0 Å². The van der Waals surface area contributed by atoms with Gasteiger partial charge in [-0.25, -0.2) is 0 Å². The molecule has 0 aliphatic heterocycles. The lowest BCUT2D eigenvalue weighted by molar-refractivity contribution is -0.121. The number of hydrogen-bond acceptors (Lipinski definition) is 4. The van der Waals surface area contributed by atoms with E-state index in [4.69, 9.17) is 0 Å². The van der Waals surface area contributed by atoms with E-state index >= 15 is 0 Å². The molecule has 0 spiro atoms. The summed E-state index contributed by atoms with van der Waals surface area (Å²) in [4.78, 5) is 22.5. The summed E-state index contributed by atoms with van der Waals surface area (Å²) in [6.45, 7) is 1.73. The van der Waals surface area contributed by atoms with Gasteiger partial charge in [-0.1, -0.05) is 5.18 Å². The fourth-order valence-electron chi connectivity index (χ4n) is 1.00. The van der Waals surface area contributed by atoms with E-state index in [0.717, 1.165) is 0 Å². The average molecular weight is 158 g/mol. The third kappa shape index (κ3) is 3.83. The van der Waals surface area contributed by atoms with Crippen molar-refractivity contribution < 1.29 is 4.79 Å². The Morgan fingerprint density at radius 1 is 1.55 bits per heavy atom. The van der Waals surface area contributed by atoms with Crippen molar-refractivity contribution in [1.82, 2.24) is 4.90 Å². The number of nitrogens with zero attached hydrogens (tertiary/aromatic N) is 2. The minimum absolute atomic E-state index is 0.0821. The first kappa shape index (κ1) is 10.2. The predicted molar refractivity (Wildman–Crippen MR) is 43.4 cm³/mol. The molecule has 0 aliphatic carbocycles. The highest BCUT2D eigenvalue weighted by atomic mass is 16.3. The van der Waals surface area contributed by atoms with Gasteiger partial charge in [-0.3, -0.25) is 9.69 Å². The number of nitroso groups, excluding NO2 is 1. The van der Waals surface area contributed by atoms with Gasteiger partial charge in [0.25, 0.3) is 0 Å². The Kier molecular flexibility index (Phi) is 4.61. The quantitative estimate of drug-likeness (QED) is 0.552. The van der Waals surface area contributed by atoms with Gasteiger partial charge in [0.15, 0.2) is 0 Å². The van der Waals surface area contributed by atoms with Gasteiger partial charge in [0.2, 0.25) is 0 Å². The van der Waals surface area contributed by atoms with E-state index in [9.17, 15) is 9.70 Å². The number of ketones is 1. The van der Waals surface area contributed by atoms with Gasteiger partial charge in [0.1, 0.15) is 5.78 Å². The SMILES string of the molecule is CC(=O)C(CCN=O)N(C)C. The molecular weight excluding hydrogens is 144 g/mol. The summed E-state index contributed by atoms with van der Waals surface area (Å²) in [5.74, 6) is 0.0821. The van der Waals surface area contributed by atoms with Crippen molar-refractivity contribution in [3.05, 3.63) is 4.91 Å². The fraction of sp³-hybridized carbons (Fsp3) is 0.857. The van der Waals surface area contributed by atoms with Crippen LogP contribution in [0.4, 0.5) is 0 Å². The van der Waals surface area contributed by atoms with Crippen LogP contribution in [0.3, 0.4) is 0 Å². The first-order chi connectivity index (χ1) is 5.09. The molecule has 0 saturated heterocycles. The van der Waals surface area contributed by atoms with Crippen LogP contribution in [0.2, 0.25) is 0 Å². The van der Waals surface area contributed by atoms with Gasteiger partial charge in [0.05, 0.1) is 12.6 Å². The zero-order chi connectivity index (χ0) is 8.85. The lowest BCUT2D eigenvalue weighted by atomic mass is 10.1. The fourth-order valence-corrected chi connectivity index (χ4v) is 1.00. The van der Waals surface area contributed by atoms with Crippen molar-refractivity contribution in [2.45, 2.75) is 19.4 Å². The molecule has 0 N–H and O–H groups in total. The summed E-state index contributed by atoms with van der Waals surface area (Å²) >= 11 is 0. The molecule has 0 bridgehead atoms. The van der Waals surface area contributed by atoms with Gasteiger partial charge in [0, 0.05) is 0 Å². The van der Waals surface area contributed by atoms with Crippen LogP contribution in [0.1, 0.15) is 13.3 Å². The van der Waals surface area contributed by atoms with Crippen molar-refractivity contribution in [3.8, 4) is 0 Å². The van der Waals surface area contributed by atoms with E-state index in [-0.39, 0.29) is 18.4 Å². The van der Waals surface area contributed by atoms with Crippen molar-refractivity contribution in [2.75, 3.05) is 20.6 Å². The van der Waals surface area contributed by atoms with E-state index in [1.807, 2.05) is 14.1 Å². The largest absolute Gasteiger partial charge is 0.300 e. The Bertz CT molecular complexity index is 145. The van der Waals surface area contributed by atoms with E-state index in [0.29, 0.717) is 6.42 Å². The molecule has 4 nitrogen and oxygen atoms in total. The van der Waals surface area contributed by atoms with E-state index in [1.54, 1.807) is 4.90 Å². The minimum Gasteiger partial charge on any atom is -0.300 e.